The zero-order valence-corrected chi connectivity index (χ0v) is 10.1. The second-order valence-electron chi connectivity index (χ2n) is 4.62. The van der Waals surface area contributed by atoms with Gasteiger partial charge in [0.2, 0.25) is 0 Å². The maximum atomic E-state index is 13.6. The van der Waals surface area contributed by atoms with E-state index < -0.39 is 0 Å². The molecule has 0 bridgehead atoms. The first kappa shape index (κ1) is 12.3. The maximum Gasteiger partial charge on any atom is 0.146 e. The van der Waals surface area contributed by atoms with Crippen LogP contribution in [0.25, 0.3) is 0 Å². The molecule has 94 valence electrons. The van der Waals surface area contributed by atoms with Crippen LogP contribution in [0.3, 0.4) is 0 Å². The highest BCUT2D eigenvalue weighted by Gasteiger charge is 2.24. The molecule has 1 saturated heterocycles. The number of likely N-dealkylation sites (N-methyl/N-ethyl adjacent to an activating group) is 1. The summed E-state index contributed by atoms with van der Waals surface area (Å²) in [6, 6.07) is 6.79. The molecule has 0 aliphatic carbocycles. The Morgan fingerprint density at radius 3 is 2.94 bits per heavy atom. The van der Waals surface area contributed by atoms with Crippen molar-refractivity contribution in [3.8, 4) is 0 Å². The second kappa shape index (κ2) is 5.47. The standard InChI is InChI=1S/C13H19FN2O/c1-16(13-5-3-2-4-11(13)14)8-12(15)10-6-7-17-9-10/h2-5,10,12H,6-9,15H2,1H3. The number of hydrogen-bond acceptors (Lipinski definition) is 3. The normalized spacial score (nSPS) is 21.5. The first-order chi connectivity index (χ1) is 8.18. The quantitative estimate of drug-likeness (QED) is 0.866. The molecule has 1 aromatic rings. The maximum absolute atomic E-state index is 13.6. The summed E-state index contributed by atoms with van der Waals surface area (Å²) >= 11 is 0. The number of hydrogen-bond donors (Lipinski definition) is 1. The fourth-order valence-corrected chi connectivity index (χ4v) is 2.22. The minimum absolute atomic E-state index is 0.0297. The Morgan fingerprint density at radius 2 is 2.29 bits per heavy atom. The summed E-state index contributed by atoms with van der Waals surface area (Å²) in [6.07, 6.45) is 1.01. The molecule has 1 aromatic carbocycles. The largest absolute Gasteiger partial charge is 0.381 e. The topological polar surface area (TPSA) is 38.5 Å². The van der Waals surface area contributed by atoms with Crippen molar-refractivity contribution in [1.29, 1.82) is 0 Å². The highest BCUT2D eigenvalue weighted by molar-refractivity contribution is 5.46. The van der Waals surface area contributed by atoms with Gasteiger partial charge in [0.15, 0.2) is 0 Å². The average molecular weight is 238 g/mol. The molecule has 2 N–H and O–H groups in total. The van der Waals surface area contributed by atoms with Gasteiger partial charge in [-0.1, -0.05) is 12.1 Å². The summed E-state index contributed by atoms with van der Waals surface area (Å²) in [7, 11) is 1.87. The van der Waals surface area contributed by atoms with E-state index in [9.17, 15) is 4.39 Å². The molecule has 1 fully saturated rings. The van der Waals surface area contributed by atoms with Gasteiger partial charge in [0, 0.05) is 32.2 Å². The molecule has 2 atom stereocenters. The lowest BCUT2D eigenvalue weighted by molar-refractivity contribution is 0.181. The van der Waals surface area contributed by atoms with Crippen molar-refractivity contribution in [2.75, 3.05) is 31.7 Å². The predicted octanol–water partition coefficient (Wildman–Crippen LogP) is 1.63. The highest BCUT2D eigenvalue weighted by atomic mass is 19.1. The van der Waals surface area contributed by atoms with E-state index >= 15 is 0 Å². The van der Waals surface area contributed by atoms with Crippen LogP contribution in [-0.2, 0) is 4.74 Å². The van der Waals surface area contributed by atoms with E-state index in [1.165, 1.54) is 6.07 Å². The second-order valence-corrected chi connectivity index (χ2v) is 4.62. The van der Waals surface area contributed by atoms with Crippen LogP contribution < -0.4 is 10.6 Å². The fraction of sp³-hybridized carbons (Fsp3) is 0.538. The van der Waals surface area contributed by atoms with Gasteiger partial charge in [0.05, 0.1) is 12.3 Å². The Hall–Kier alpha value is -1.13. The molecule has 0 saturated carbocycles. The van der Waals surface area contributed by atoms with Crippen molar-refractivity contribution in [2.24, 2.45) is 11.7 Å². The zero-order chi connectivity index (χ0) is 12.3. The number of halogens is 1. The summed E-state index contributed by atoms with van der Waals surface area (Å²) in [6.45, 7) is 2.17. The molecule has 0 amide bonds. The summed E-state index contributed by atoms with van der Waals surface area (Å²) in [5.41, 5.74) is 6.72. The lowest BCUT2D eigenvalue weighted by atomic mass is 9.99. The Labute approximate surface area is 101 Å². The Morgan fingerprint density at radius 1 is 1.53 bits per heavy atom. The number of ether oxygens (including phenoxy) is 1. The molecule has 17 heavy (non-hydrogen) atoms. The molecule has 0 aromatic heterocycles. The SMILES string of the molecule is CN(CC(N)C1CCOC1)c1ccccc1F. The number of benzene rings is 1. The molecule has 1 aliphatic heterocycles. The fourth-order valence-electron chi connectivity index (χ4n) is 2.22. The van der Waals surface area contributed by atoms with Crippen molar-refractivity contribution >= 4 is 5.69 Å². The average Bonchev–Trinajstić information content (AvgIpc) is 2.82. The van der Waals surface area contributed by atoms with Crippen LogP contribution >= 0.6 is 0 Å². The monoisotopic (exact) mass is 238 g/mol. The zero-order valence-electron chi connectivity index (χ0n) is 10.1. The van der Waals surface area contributed by atoms with Gasteiger partial charge < -0.3 is 15.4 Å². The molecule has 1 heterocycles. The van der Waals surface area contributed by atoms with Crippen molar-refractivity contribution in [1.82, 2.24) is 0 Å². The lowest BCUT2D eigenvalue weighted by Crippen LogP contribution is -2.41. The summed E-state index contributed by atoms with van der Waals surface area (Å²) in [4.78, 5) is 1.87. The van der Waals surface area contributed by atoms with Gasteiger partial charge in [-0.2, -0.15) is 0 Å². The van der Waals surface area contributed by atoms with Crippen molar-refractivity contribution in [2.45, 2.75) is 12.5 Å². The number of nitrogens with zero attached hydrogens (tertiary/aromatic N) is 1. The third-order valence-electron chi connectivity index (χ3n) is 3.32. The molecule has 2 unspecified atom stereocenters. The number of rotatable bonds is 4. The van der Waals surface area contributed by atoms with Crippen LogP contribution in [0.4, 0.5) is 10.1 Å². The smallest absolute Gasteiger partial charge is 0.146 e. The van der Waals surface area contributed by atoms with Crippen LogP contribution in [0, 0.1) is 11.7 Å². The van der Waals surface area contributed by atoms with E-state index in [1.807, 2.05) is 18.0 Å². The van der Waals surface area contributed by atoms with Gasteiger partial charge in [-0.25, -0.2) is 4.39 Å². The summed E-state index contributed by atoms with van der Waals surface area (Å²) in [5, 5.41) is 0. The van der Waals surface area contributed by atoms with Gasteiger partial charge in [-0.05, 0) is 18.6 Å². The van der Waals surface area contributed by atoms with Crippen LogP contribution in [0.5, 0.6) is 0 Å². The van der Waals surface area contributed by atoms with E-state index in [4.69, 9.17) is 10.5 Å². The number of anilines is 1. The summed E-state index contributed by atoms with van der Waals surface area (Å²) in [5.74, 6) is 0.189. The first-order valence-electron chi connectivity index (χ1n) is 5.97. The van der Waals surface area contributed by atoms with Crippen molar-refractivity contribution in [3.05, 3.63) is 30.1 Å². The molecule has 2 rings (SSSR count). The highest BCUT2D eigenvalue weighted by Crippen LogP contribution is 2.20. The predicted molar refractivity (Wildman–Crippen MR) is 66.6 cm³/mol. The minimum Gasteiger partial charge on any atom is -0.381 e. The molecule has 4 heteroatoms. The Bertz CT molecular complexity index is 366. The molecule has 0 radical (unpaired) electrons. The Kier molecular flexibility index (Phi) is 3.97. The summed E-state index contributed by atoms with van der Waals surface area (Å²) < 4.78 is 18.9. The lowest BCUT2D eigenvalue weighted by Gasteiger charge is -2.26. The molecule has 0 spiro atoms. The molecular formula is C13H19FN2O. The number of para-hydroxylation sites is 1. The van der Waals surface area contributed by atoms with Crippen LogP contribution in [0.2, 0.25) is 0 Å². The van der Waals surface area contributed by atoms with Crippen molar-refractivity contribution < 1.29 is 9.13 Å². The molecular weight excluding hydrogens is 219 g/mol. The van der Waals surface area contributed by atoms with Gasteiger partial charge in [0.25, 0.3) is 0 Å². The van der Waals surface area contributed by atoms with E-state index in [-0.39, 0.29) is 11.9 Å². The number of nitrogens with two attached hydrogens (primary N) is 1. The Balaban J connectivity index is 1.96. The van der Waals surface area contributed by atoms with Crippen molar-refractivity contribution in [3.63, 3.8) is 0 Å². The van der Waals surface area contributed by atoms with Crippen LogP contribution in [0.15, 0.2) is 24.3 Å². The van der Waals surface area contributed by atoms with E-state index in [1.54, 1.807) is 12.1 Å². The third kappa shape index (κ3) is 2.96. The van der Waals surface area contributed by atoms with Gasteiger partial charge in [-0.3, -0.25) is 0 Å². The minimum atomic E-state index is -0.204. The molecule has 1 aliphatic rings. The van der Waals surface area contributed by atoms with Crippen LogP contribution in [-0.4, -0.2) is 32.8 Å². The van der Waals surface area contributed by atoms with E-state index in [0.717, 1.165) is 19.6 Å². The van der Waals surface area contributed by atoms with Gasteiger partial charge >= 0.3 is 0 Å². The van der Waals surface area contributed by atoms with Gasteiger partial charge in [0.1, 0.15) is 5.82 Å². The van der Waals surface area contributed by atoms with E-state index in [2.05, 4.69) is 0 Å². The first-order valence-corrected chi connectivity index (χ1v) is 5.97. The van der Waals surface area contributed by atoms with Gasteiger partial charge in [-0.15, -0.1) is 0 Å². The van der Waals surface area contributed by atoms with E-state index in [0.29, 0.717) is 18.2 Å². The van der Waals surface area contributed by atoms with Crippen LogP contribution in [0.1, 0.15) is 6.42 Å². The molecule has 3 nitrogen and oxygen atoms in total. The third-order valence-corrected chi connectivity index (χ3v) is 3.32.